The number of anilines is 1. The first kappa shape index (κ1) is 15.0. The number of aromatic nitrogens is 2. The van der Waals surface area contributed by atoms with Gasteiger partial charge in [0.05, 0.1) is 5.52 Å². The van der Waals surface area contributed by atoms with Gasteiger partial charge in [-0.1, -0.05) is 23.2 Å². The number of hydrogen-bond acceptors (Lipinski definition) is 4. The van der Waals surface area contributed by atoms with Crippen LogP contribution in [0.4, 0.5) is 5.82 Å². The van der Waals surface area contributed by atoms with E-state index in [-0.39, 0.29) is 0 Å². The highest BCUT2D eigenvalue weighted by Gasteiger charge is 2.09. The number of fused-ring (bicyclic) bond motifs is 1. The molecule has 112 valence electrons. The van der Waals surface area contributed by atoms with Gasteiger partial charge >= 0.3 is 0 Å². The number of nitrogens with two attached hydrogens (primary N) is 1. The molecule has 0 aliphatic carbocycles. The van der Waals surface area contributed by atoms with E-state index in [1.54, 1.807) is 0 Å². The Bertz CT molecular complexity index is 803. The fourth-order valence-corrected chi connectivity index (χ4v) is 2.45. The SMILES string of the molecule is NCCNc1nc(-c2ccc(Cl)cc2)nc2cc(Cl)ccc12. The molecule has 0 bridgehead atoms. The average molecular weight is 333 g/mol. The van der Waals surface area contributed by atoms with Crippen molar-refractivity contribution in [3.8, 4) is 11.4 Å². The predicted octanol–water partition coefficient (Wildman–Crippen LogP) is 3.97. The zero-order chi connectivity index (χ0) is 15.5. The summed E-state index contributed by atoms with van der Waals surface area (Å²) in [5, 5.41) is 5.46. The molecule has 4 nitrogen and oxygen atoms in total. The van der Waals surface area contributed by atoms with Crippen LogP contribution in [0.15, 0.2) is 42.5 Å². The molecule has 1 heterocycles. The van der Waals surface area contributed by atoms with Gasteiger partial charge in [0.2, 0.25) is 0 Å². The third-order valence-electron chi connectivity index (χ3n) is 3.20. The molecule has 0 saturated heterocycles. The Morgan fingerprint density at radius 1 is 0.955 bits per heavy atom. The number of rotatable bonds is 4. The van der Waals surface area contributed by atoms with E-state index in [4.69, 9.17) is 28.9 Å². The lowest BCUT2D eigenvalue weighted by Gasteiger charge is -2.10. The molecular weight excluding hydrogens is 319 g/mol. The highest BCUT2D eigenvalue weighted by Crippen LogP contribution is 2.27. The third kappa shape index (κ3) is 3.14. The van der Waals surface area contributed by atoms with Crippen LogP contribution >= 0.6 is 23.2 Å². The minimum Gasteiger partial charge on any atom is -0.368 e. The summed E-state index contributed by atoms with van der Waals surface area (Å²) in [4.78, 5) is 9.20. The minimum absolute atomic E-state index is 0.523. The van der Waals surface area contributed by atoms with Crippen LogP contribution in [0.25, 0.3) is 22.3 Å². The van der Waals surface area contributed by atoms with Crippen LogP contribution < -0.4 is 11.1 Å². The second-order valence-corrected chi connectivity index (χ2v) is 5.65. The van der Waals surface area contributed by atoms with Gasteiger partial charge in [0.1, 0.15) is 5.82 Å². The van der Waals surface area contributed by atoms with Crippen molar-refractivity contribution in [1.29, 1.82) is 0 Å². The Kier molecular flexibility index (Phi) is 4.43. The molecule has 22 heavy (non-hydrogen) atoms. The summed E-state index contributed by atoms with van der Waals surface area (Å²) < 4.78 is 0. The van der Waals surface area contributed by atoms with Crippen molar-refractivity contribution in [3.63, 3.8) is 0 Å². The van der Waals surface area contributed by atoms with Gasteiger partial charge in [-0.15, -0.1) is 0 Å². The normalized spacial score (nSPS) is 10.9. The second kappa shape index (κ2) is 6.48. The van der Waals surface area contributed by atoms with E-state index in [1.807, 2.05) is 42.5 Å². The Morgan fingerprint density at radius 3 is 2.41 bits per heavy atom. The lowest BCUT2D eigenvalue weighted by molar-refractivity contribution is 1.01. The van der Waals surface area contributed by atoms with Crippen molar-refractivity contribution < 1.29 is 0 Å². The van der Waals surface area contributed by atoms with E-state index in [0.717, 1.165) is 22.3 Å². The fraction of sp³-hybridized carbons (Fsp3) is 0.125. The number of nitrogens with zero attached hydrogens (tertiary/aromatic N) is 2. The molecule has 0 amide bonds. The van der Waals surface area contributed by atoms with Gasteiger partial charge in [-0.25, -0.2) is 9.97 Å². The lowest BCUT2D eigenvalue weighted by Crippen LogP contribution is -2.14. The van der Waals surface area contributed by atoms with E-state index < -0.39 is 0 Å². The molecular formula is C16H14Cl2N4. The van der Waals surface area contributed by atoms with Gasteiger partial charge in [-0.2, -0.15) is 0 Å². The van der Waals surface area contributed by atoms with Gasteiger partial charge in [0, 0.05) is 34.1 Å². The fourth-order valence-electron chi connectivity index (χ4n) is 2.16. The first-order valence-electron chi connectivity index (χ1n) is 6.84. The van der Waals surface area contributed by atoms with Crippen molar-refractivity contribution in [1.82, 2.24) is 9.97 Å². The summed E-state index contributed by atoms with van der Waals surface area (Å²) in [6.45, 7) is 1.16. The summed E-state index contributed by atoms with van der Waals surface area (Å²) in [5.74, 6) is 1.36. The number of hydrogen-bond donors (Lipinski definition) is 2. The number of benzene rings is 2. The smallest absolute Gasteiger partial charge is 0.162 e. The molecule has 0 aliphatic rings. The van der Waals surface area contributed by atoms with Crippen LogP contribution in [0, 0.1) is 0 Å². The van der Waals surface area contributed by atoms with Crippen molar-refractivity contribution in [2.24, 2.45) is 5.73 Å². The van der Waals surface area contributed by atoms with Crippen LogP contribution in [0.3, 0.4) is 0 Å². The molecule has 6 heteroatoms. The third-order valence-corrected chi connectivity index (χ3v) is 3.69. The summed E-state index contributed by atoms with van der Waals surface area (Å²) >= 11 is 12.0. The van der Waals surface area contributed by atoms with Gasteiger partial charge < -0.3 is 11.1 Å². The summed E-state index contributed by atoms with van der Waals surface area (Å²) in [7, 11) is 0. The van der Waals surface area contributed by atoms with Crippen molar-refractivity contribution in [2.75, 3.05) is 18.4 Å². The Hall–Kier alpha value is -1.88. The van der Waals surface area contributed by atoms with E-state index in [9.17, 15) is 0 Å². The Morgan fingerprint density at radius 2 is 1.68 bits per heavy atom. The van der Waals surface area contributed by atoms with Gasteiger partial charge in [0.15, 0.2) is 5.82 Å². The maximum absolute atomic E-state index is 6.08. The quantitative estimate of drug-likeness (QED) is 0.758. The van der Waals surface area contributed by atoms with E-state index >= 15 is 0 Å². The Labute approximate surface area is 138 Å². The van der Waals surface area contributed by atoms with Gasteiger partial charge in [-0.05, 0) is 42.5 Å². The van der Waals surface area contributed by atoms with Gasteiger partial charge in [0.25, 0.3) is 0 Å². The highest BCUT2D eigenvalue weighted by molar-refractivity contribution is 6.31. The van der Waals surface area contributed by atoms with Gasteiger partial charge in [-0.3, -0.25) is 0 Å². The molecule has 3 aromatic rings. The summed E-state index contributed by atoms with van der Waals surface area (Å²) in [6.07, 6.45) is 0. The molecule has 2 aromatic carbocycles. The second-order valence-electron chi connectivity index (χ2n) is 4.78. The molecule has 0 spiro atoms. The molecule has 0 fully saturated rings. The zero-order valence-corrected chi connectivity index (χ0v) is 13.2. The summed E-state index contributed by atoms with van der Waals surface area (Å²) in [5.41, 5.74) is 7.24. The lowest BCUT2D eigenvalue weighted by atomic mass is 10.2. The largest absolute Gasteiger partial charge is 0.368 e. The van der Waals surface area contributed by atoms with E-state index in [2.05, 4.69) is 15.3 Å². The average Bonchev–Trinajstić information content (AvgIpc) is 2.52. The van der Waals surface area contributed by atoms with Crippen molar-refractivity contribution in [2.45, 2.75) is 0 Å². The van der Waals surface area contributed by atoms with E-state index in [0.29, 0.717) is 29.0 Å². The highest BCUT2D eigenvalue weighted by atomic mass is 35.5. The summed E-state index contributed by atoms with van der Waals surface area (Å²) in [6, 6.07) is 13.0. The van der Waals surface area contributed by atoms with E-state index in [1.165, 1.54) is 0 Å². The van der Waals surface area contributed by atoms with Crippen LogP contribution in [-0.4, -0.2) is 23.1 Å². The maximum Gasteiger partial charge on any atom is 0.162 e. The molecule has 0 aliphatic heterocycles. The molecule has 3 N–H and O–H groups in total. The topological polar surface area (TPSA) is 63.8 Å². The maximum atomic E-state index is 6.08. The Balaban J connectivity index is 2.15. The predicted molar refractivity (Wildman–Crippen MR) is 92.5 cm³/mol. The van der Waals surface area contributed by atoms with Crippen molar-refractivity contribution >= 4 is 39.9 Å². The van der Waals surface area contributed by atoms with Crippen LogP contribution in [0.2, 0.25) is 10.0 Å². The minimum atomic E-state index is 0.523. The first-order chi connectivity index (χ1) is 10.7. The standard InChI is InChI=1S/C16H14Cl2N4/c17-11-3-1-10(2-4-11)15-21-14-9-12(18)5-6-13(14)16(22-15)20-8-7-19/h1-6,9H,7-8,19H2,(H,20,21,22). The van der Waals surface area contributed by atoms with Crippen LogP contribution in [-0.2, 0) is 0 Å². The van der Waals surface area contributed by atoms with Crippen molar-refractivity contribution in [3.05, 3.63) is 52.5 Å². The molecule has 1 aromatic heterocycles. The number of halogens is 2. The number of nitrogens with one attached hydrogen (secondary N) is 1. The first-order valence-corrected chi connectivity index (χ1v) is 7.60. The van der Waals surface area contributed by atoms with Crippen LogP contribution in [0.5, 0.6) is 0 Å². The molecule has 0 radical (unpaired) electrons. The zero-order valence-electron chi connectivity index (χ0n) is 11.7. The van der Waals surface area contributed by atoms with Crippen LogP contribution in [0.1, 0.15) is 0 Å². The molecule has 0 saturated carbocycles. The monoisotopic (exact) mass is 332 g/mol. The molecule has 0 unspecified atom stereocenters. The molecule has 3 rings (SSSR count). The molecule has 0 atom stereocenters.